The Balaban J connectivity index is 1.47. The molecule has 0 saturated carbocycles. The highest BCUT2D eigenvalue weighted by Crippen LogP contribution is 2.27. The van der Waals surface area contributed by atoms with Crippen LogP contribution in [0, 0.1) is 19.7 Å². The number of halogens is 4. The third-order valence-corrected chi connectivity index (χ3v) is 5.96. The van der Waals surface area contributed by atoms with Crippen LogP contribution >= 0.6 is 0 Å². The number of carbonyl (C=O) groups excluding carboxylic acids is 2. The molecule has 1 aliphatic rings. The van der Waals surface area contributed by atoms with Crippen LogP contribution in [0.5, 0.6) is 0 Å². The predicted molar refractivity (Wildman–Crippen MR) is 114 cm³/mol. The molecule has 1 amide bonds. The van der Waals surface area contributed by atoms with Gasteiger partial charge in [0.25, 0.3) is 11.6 Å². The molecule has 2 aromatic heterocycles. The molecule has 0 N–H and O–H groups in total. The van der Waals surface area contributed by atoms with Crippen molar-refractivity contribution in [2.24, 2.45) is 0 Å². The van der Waals surface area contributed by atoms with E-state index in [1.54, 1.807) is 35.8 Å². The zero-order valence-corrected chi connectivity index (χ0v) is 18.8. The first-order valence-electron chi connectivity index (χ1n) is 10.6. The van der Waals surface area contributed by atoms with E-state index in [4.69, 9.17) is 0 Å². The second-order valence-electron chi connectivity index (χ2n) is 8.17. The molecule has 34 heavy (non-hydrogen) atoms. The highest BCUT2D eigenvalue weighted by Gasteiger charge is 2.37. The van der Waals surface area contributed by atoms with Crippen molar-refractivity contribution in [2.75, 3.05) is 31.1 Å². The van der Waals surface area contributed by atoms with Gasteiger partial charge in [-0.25, -0.2) is 13.9 Å². The molecule has 0 radical (unpaired) electrons. The maximum Gasteiger partial charge on any atom is 0.453 e. The van der Waals surface area contributed by atoms with Crippen molar-refractivity contribution in [1.29, 1.82) is 0 Å². The highest BCUT2D eigenvalue weighted by molar-refractivity contribution is 5.94. The van der Waals surface area contributed by atoms with E-state index in [9.17, 15) is 27.2 Å². The molecular weight excluding hydrogens is 456 g/mol. The molecule has 0 bridgehead atoms. The lowest BCUT2D eigenvalue weighted by Gasteiger charge is -2.36. The Hall–Kier alpha value is -3.57. The number of piperazine rings is 1. The summed E-state index contributed by atoms with van der Waals surface area (Å²) in [5.74, 6) is -2.39. The third-order valence-electron chi connectivity index (χ3n) is 5.96. The normalized spacial score (nSPS) is 14.7. The number of hydrogen-bond acceptors (Lipinski definition) is 6. The van der Waals surface area contributed by atoms with Gasteiger partial charge in [0.1, 0.15) is 5.82 Å². The molecular formula is C22H22F4N6O2. The number of amides is 1. The van der Waals surface area contributed by atoms with Crippen molar-refractivity contribution in [3.63, 3.8) is 0 Å². The van der Waals surface area contributed by atoms with E-state index >= 15 is 0 Å². The molecule has 1 aliphatic heterocycles. The zero-order chi connectivity index (χ0) is 24.8. The van der Waals surface area contributed by atoms with Crippen molar-refractivity contribution >= 4 is 23.2 Å². The molecule has 0 atom stereocenters. The van der Waals surface area contributed by atoms with Crippen LogP contribution < -0.4 is 4.90 Å². The molecule has 12 heteroatoms. The summed E-state index contributed by atoms with van der Waals surface area (Å²) in [5.41, 5.74) is 1.92. The first kappa shape index (κ1) is 23.6. The van der Waals surface area contributed by atoms with Gasteiger partial charge in [0.2, 0.25) is 5.91 Å². The number of aromatic nitrogens is 4. The van der Waals surface area contributed by atoms with Crippen LogP contribution in [0.3, 0.4) is 0 Å². The number of carbonyl (C=O) groups is 2. The first-order chi connectivity index (χ1) is 16.0. The van der Waals surface area contributed by atoms with Gasteiger partial charge in [-0.2, -0.15) is 18.2 Å². The lowest BCUT2D eigenvalue weighted by Crippen LogP contribution is -2.49. The Bertz CT molecular complexity index is 1280. The maximum atomic E-state index is 14.5. The molecule has 1 fully saturated rings. The van der Waals surface area contributed by atoms with Crippen LogP contribution in [0.4, 0.5) is 23.2 Å². The molecule has 8 nitrogen and oxygen atoms in total. The minimum absolute atomic E-state index is 0.0521. The topological polar surface area (TPSA) is 83.7 Å². The van der Waals surface area contributed by atoms with E-state index in [0.717, 1.165) is 4.52 Å². The number of Topliss-reactive ketones (excluding diaryl/α,β-unsaturated/α-hetero) is 1. The highest BCUT2D eigenvalue weighted by atomic mass is 19.4. The molecule has 0 unspecified atom stereocenters. The second kappa shape index (κ2) is 8.65. The lowest BCUT2D eigenvalue weighted by molar-refractivity contribution is -0.144. The monoisotopic (exact) mass is 478 g/mol. The molecule has 180 valence electrons. The van der Waals surface area contributed by atoms with Gasteiger partial charge < -0.3 is 9.80 Å². The molecule has 0 aliphatic carbocycles. The number of alkyl halides is 3. The quantitative estimate of drug-likeness (QED) is 0.424. The largest absolute Gasteiger partial charge is 0.453 e. The van der Waals surface area contributed by atoms with Crippen molar-refractivity contribution < 1.29 is 27.2 Å². The minimum Gasteiger partial charge on any atom is -0.366 e. The van der Waals surface area contributed by atoms with Crippen molar-refractivity contribution in [1.82, 2.24) is 24.5 Å². The summed E-state index contributed by atoms with van der Waals surface area (Å²) in [7, 11) is 0. The van der Waals surface area contributed by atoms with Gasteiger partial charge in [0.15, 0.2) is 5.78 Å². The Morgan fingerprint density at radius 2 is 1.74 bits per heavy atom. The summed E-state index contributed by atoms with van der Waals surface area (Å²) in [6.07, 6.45) is -4.75. The second-order valence-corrected chi connectivity index (χ2v) is 8.17. The molecule has 1 aromatic carbocycles. The number of rotatable bonds is 4. The van der Waals surface area contributed by atoms with Crippen molar-refractivity contribution in [2.45, 2.75) is 33.4 Å². The Kier molecular flexibility index (Phi) is 6.00. The summed E-state index contributed by atoms with van der Waals surface area (Å²) in [4.78, 5) is 35.3. The fraction of sp³-hybridized carbons (Fsp3) is 0.409. The number of benzene rings is 1. The number of fused-ring (bicyclic) bond motifs is 1. The zero-order valence-electron chi connectivity index (χ0n) is 18.8. The number of anilines is 1. The predicted octanol–water partition coefficient (Wildman–Crippen LogP) is 2.99. The first-order valence-corrected chi connectivity index (χ1v) is 10.6. The van der Waals surface area contributed by atoms with Crippen LogP contribution in [-0.2, 0) is 17.4 Å². The SMILES string of the molecule is CC(=O)c1ccc(N2CCN(C(=O)Cc3c(C)nc4nc(C(F)(F)F)nn4c3C)CC2)c(F)c1. The van der Waals surface area contributed by atoms with Crippen LogP contribution in [0.1, 0.15) is 40.1 Å². The molecule has 0 spiro atoms. The van der Waals surface area contributed by atoms with Gasteiger partial charge in [-0.15, -0.1) is 5.10 Å². The smallest absolute Gasteiger partial charge is 0.366 e. The molecule has 4 rings (SSSR count). The van der Waals surface area contributed by atoms with Gasteiger partial charge in [0.05, 0.1) is 12.1 Å². The summed E-state index contributed by atoms with van der Waals surface area (Å²) in [5, 5.41) is 3.50. The van der Waals surface area contributed by atoms with Gasteiger partial charge in [-0.3, -0.25) is 9.59 Å². The number of nitrogens with zero attached hydrogens (tertiary/aromatic N) is 6. The average molecular weight is 478 g/mol. The summed E-state index contributed by atoms with van der Waals surface area (Å²) < 4.78 is 54.4. The Morgan fingerprint density at radius 3 is 2.32 bits per heavy atom. The fourth-order valence-corrected chi connectivity index (χ4v) is 4.03. The van der Waals surface area contributed by atoms with Gasteiger partial charge >= 0.3 is 6.18 Å². The minimum atomic E-state index is -4.70. The fourth-order valence-electron chi connectivity index (χ4n) is 4.03. The lowest BCUT2D eigenvalue weighted by atomic mass is 10.1. The molecule has 3 heterocycles. The Labute approximate surface area is 192 Å². The standard InChI is InChI=1S/C22H22F4N6O2/c1-12-16(13(2)32-21(27-12)28-20(29-32)22(24,25)26)11-19(34)31-8-6-30(7-9-31)18-5-4-15(14(3)33)10-17(18)23/h4-5,10H,6-9,11H2,1-3H3. The summed E-state index contributed by atoms with van der Waals surface area (Å²) in [6, 6.07) is 4.34. The number of aryl methyl sites for hydroxylation is 2. The van der Waals surface area contributed by atoms with Gasteiger partial charge in [-0.1, -0.05) is 0 Å². The average Bonchev–Trinajstić information content (AvgIpc) is 3.21. The van der Waals surface area contributed by atoms with Gasteiger partial charge in [0, 0.05) is 48.7 Å². The van der Waals surface area contributed by atoms with E-state index in [1.165, 1.54) is 13.0 Å². The van der Waals surface area contributed by atoms with Crippen molar-refractivity contribution in [3.05, 3.63) is 52.4 Å². The van der Waals surface area contributed by atoms with Crippen LogP contribution in [0.25, 0.3) is 5.78 Å². The maximum absolute atomic E-state index is 14.5. The van der Waals surface area contributed by atoms with Crippen LogP contribution in [-0.4, -0.2) is 62.4 Å². The van der Waals surface area contributed by atoms with E-state index in [-0.39, 0.29) is 23.9 Å². The van der Waals surface area contributed by atoms with Crippen molar-refractivity contribution in [3.8, 4) is 0 Å². The molecule has 3 aromatic rings. The van der Waals surface area contributed by atoms with E-state index in [2.05, 4.69) is 15.1 Å². The van der Waals surface area contributed by atoms with Crippen LogP contribution in [0.2, 0.25) is 0 Å². The van der Waals surface area contributed by atoms with E-state index in [1.807, 2.05) is 0 Å². The number of ketones is 1. The number of hydrogen-bond donors (Lipinski definition) is 0. The summed E-state index contributed by atoms with van der Waals surface area (Å²) in [6.45, 7) is 6.05. The molecule has 1 saturated heterocycles. The third kappa shape index (κ3) is 4.44. The van der Waals surface area contributed by atoms with Gasteiger partial charge in [-0.05, 0) is 39.0 Å². The van der Waals surface area contributed by atoms with E-state index in [0.29, 0.717) is 54.4 Å². The Morgan fingerprint density at radius 1 is 1.06 bits per heavy atom. The summed E-state index contributed by atoms with van der Waals surface area (Å²) >= 11 is 0. The van der Waals surface area contributed by atoms with Crippen LogP contribution in [0.15, 0.2) is 18.2 Å². The van der Waals surface area contributed by atoms with E-state index < -0.39 is 17.8 Å².